The van der Waals surface area contributed by atoms with Gasteiger partial charge in [-0.3, -0.25) is 4.79 Å². The normalized spacial score (nSPS) is 17.2. The summed E-state index contributed by atoms with van der Waals surface area (Å²) in [5.41, 5.74) is 3.96. The van der Waals surface area contributed by atoms with Crippen LogP contribution >= 0.6 is 0 Å². The lowest BCUT2D eigenvalue weighted by Gasteiger charge is -2.35. The minimum absolute atomic E-state index is 0.123. The quantitative estimate of drug-likeness (QED) is 0.345. The summed E-state index contributed by atoms with van der Waals surface area (Å²) < 4.78 is 16.4. The van der Waals surface area contributed by atoms with E-state index in [1.807, 2.05) is 74.5 Å². The van der Waals surface area contributed by atoms with Crippen LogP contribution in [0, 0.1) is 0 Å². The molecule has 3 aromatic rings. The second kappa shape index (κ2) is 10.6. The predicted molar refractivity (Wildman–Crippen MR) is 130 cm³/mol. The molecule has 1 aliphatic rings. The van der Waals surface area contributed by atoms with Gasteiger partial charge in [-0.2, -0.15) is 0 Å². The van der Waals surface area contributed by atoms with E-state index in [0.29, 0.717) is 24.5 Å². The van der Waals surface area contributed by atoms with Crippen molar-refractivity contribution < 1.29 is 23.8 Å². The highest BCUT2D eigenvalue weighted by Gasteiger charge is 2.39. The van der Waals surface area contributed by atoms with Crippen LogP contribution in [-0.4, -0.2) is 32.1 Å². The predicted octanol–water partition coefficient (Wildman–Crippen LogP) is 5.68. The van der Waals surface area contributed by atoms with E-state index in [0.717, 1.165) is 16.7 Å². The second-order valence-electron chi connectivity index (χ2n) is 8.00. The van der Waals surface area contributed by atoms with Crippen LogP contribution in [0.25, 0.3) is 0 Å². The van der Waals surface area contributed by atoms with E-state index in [-0.39, 0.29) is 17.4 Å². The van der Waals surface area contributed by atoms with Gasteiger partial charge in [0.15, 0.2) is 12.1 Å². The standard InChI is InChI=1S/C28H29NO5/c1-4-33-28(34-5-2)20-16-14-18(15-17-20)23-25(19-10-7-6-8-11-19)29-22-13-9-12-21(27(31)32-3)24(22)26(23)30/h6-17,23,25,28-29H,4-5H2,1-3H3. The maximum absolute atomic E-state index is 14.0. The molecular weight excluding hydrogens is 430 g/mol. The fourth-order valence-electron chi connectivity index (χ4n) is 4.46. The summed E-state index contributed by atoms with van der Waals surface area (Å²) >= 11 is 0. The number of anilines is 1. The summed E-state index contributed by atoms with van der Waals surface area (Å²) in [6.45, 7) is 4.91. The molecule has 1 aliphatic heterocycles. The van der Waals surface area contributed by atoms with Gasteiger partial charge in [-0.1, -0.05) is 60.7 Å². The zero-order chi connectivity index (χ0) is 24.1. The van der Waals surface area contributed by atoms with Gasteiger partial charge in [-0.25, -0.2) is 4.79 Å². The highest BCUT2D eigenvalue weighted by atomic mass is 16.7. The summed E-state index contributed by atoms with van der Waals surface area (Å²) in [7, 11) is 1.32. The molecule has 3 aromatic carbocycles. The number of methoxy groups -OCH3 is 1. The van der Waals surface area contributed by atoms with E-state index < -0.39 is 18.2 Å². The van der Waals surface area contributed by atoms with Crippen LogP contribution in [0.2, 0.25) is 0 Å². The Morgan fingerprint density at radius 2 is 1.56 bits per heavy atom. The molecule has 0 aliphatic carbocycles. The van der Waals surface area contributed by atoms with E-state index >= 15 is 0 Å². The largest absolute Gasteiger partial charge is 0.465 e. The maximum Gasteiger partial charge on any atom is 0.338 e. The lowest BCUT2D eigenvalue weighted by Crippen LogP contribution is -2.33. The summed E-state index contributed by atoms with van der Waals surface area (Å²) in [6, 6.07) is 22.5. The fraction of sp³-hybridized carbons (Fsp3) is 0.286. The molecular formula is C28H29NO5. The molecule has 6 heteroatoms. The number of ketones is 1. The molecule has 4 rings (SSSR count). The molecule has 0 aromatic heterocycles. The van der Waals surface area contributed by atoms with Crippen molar-refractivity contribution in [1.82, 2.24) is 0 Å². The molecule has 1 heterocycles. The summed E-state index contributed by atoms with van der Waals surface area (Å²) in [5, 5.41) is 3.51. The van der Waals surface area contributed by atoms with Crippen LogP contribution in [0.4, 0.5) is 5.69 Å². The smallest absolute Gasteiger partial charge is 0.338 e. The van der Waals surface area contributed by atoms with Crippen LogP contribution in [-0.2, 0) is 14.2 Å². The molecule has 0 fully saturated rings. The van der Waals surface area contributed by atoms with Crippen molar-refractivity contribution >= 4 is 17.4 Å². The molecule has 6 nitrogen and oxygen atoms in total. The van der Waals surface area contributed by atoms with Gasteiger partial charge >= 0.3 is 5.97 Å². The first-order valence-corrected chi connectivity index (χ1v) is 11.5. The van der Waals surface area contributed by atoms with Gasteiger partial charge in [0.25, 0.3) is 0 Å². The summed E-state index contributed by atoms with van der Waals surface area (Å²) in [5.74, 6) is -1.19. The van der Waals surface area contributed by atoms with E-state index in [9.17, 15) is 9.59 Å². The summed E-state index contributed by atoms with van der Waals surface area (Å²) in [4.78, 5) is 26.4. The molecule has 0 saturated carbocycles. The molecule has 0 saturated heterocycles. The second-order valence-corrected chi connectivity index (χ2v) is 8.00. The number of esters is 1. The van der Waals surface area contributed by atoms with Gasteiger partial charge in [-0.05, 0) is 37.1 Å². The number of ether oxygens (including phenoxy) is 3. The molecule has 1 N–H and O–H groups in total. The van der Waals surface area contributed by atoms with Gasteiger partial charge in [0, 0.05) is 24.5 Å². The number of Topliss-reactive ketones (excluding diaryl/α,β-unsaturated/α-hetero) is 1. The number of benzene rings is 3. The SMILES string of the molecule is CCOC(OCC)c1ccc(C2C(=O)c3c(cccc3C(=O)OC)NC2c2ccccc2)cc1. The topological polar surface area (TPSA) is 73.9 Å². The third kappa shape index (κ3) is 4.60. The Hall–Kier alpha value is -3.48. The number of fused-ring (bicyclic) bond motifs is 1. The molecule has 0 amide bonds. The summed E-state index contributed by atoms with van der Waals surface area (Å²) in [6.07, 6.45) is -0.458. The molecule has 2 atom stereocenters. The number of hydrogen-bond acceptors (Lipinski definition) is 6. The number of rotatable bonds is 8. The maximum atomic E-state index is 14.0. The Balaban J connectivity index is 1.79. The lowest BCUT2D eigenvalue weighted by atomic mass is 9.77. The molecule has 176 valence electrons. The number of hydrogen-bond donors (Lipinski definition) is 1. The number of nitrogens with one attached hydrogen (secondary N) is 1. The Bertz CT molecular complexity index is 1140. The van der Waals surface area contributed by atoms with Crippen molar-refractivity contribution in [3.63, 3.8) is 0 Å². The first kappa shape index (κ1) is 23.7. The van der Waals surface area contributed by atoms with Crippen LogP contribution < -0.4 is 5.32 Å². The lowest BCUT2D eigenvalue weighted by molar-refractivity contribution is -0.140. The average Bonchev–Trinajstić information content (AvgIpc) is 2.88. The van der Waals surface area contributed by atoms with Crippen molar-refractivity contribution in [1.29, 1.82) is 0 Å². The van der Waals surface area contributed by atoms with E-state index in [1.54, 1.807) is 12.1 Å². The van der Waals surface area contributed by atoms with Crippen LogP contribution in [0.1, 0.15) is 69.5 Å². The van der Waals surface area contributed by atoms with E-state index in [4.69, 9.17) is 14.2 Å². The Labute approximate surface area is 199 Å². The van der Waals surface area contributed by atoms with Crippen molar-refractivity contribution in [3.8, 4) is 0 Å². The van der Waals surface area contributed by atoms with Crippen LogP contribution in [0.5, 0.6) is 0 Å². The van der Waals surface area contributed by atoms with Crippen molar-refractivity contribution in [3.05, 3.63) is 101 Å². The zero-order valence-electron chi connectivity index (χ0n) is 19.6. The van der Waals surface area contributed by atoms with Gasteiger partial charge < -0.3 is 19.5 Å². The van der Waals surface area contributed by atoms with Gasteiger partial charge in [0.1, 0.15) is 0 Å². The number of carbonyl (C=O) groups excluding carboxylic acids is 2. The average molecular weight is 460 g/mol. The highest BCUT2D eigenvalue weighted by Crippen LogP contribution is 2.43. The Morgan fingerprint density at radius 1 is 0.882 bits per heavy atom. The third-order valence-corrected chi connectivity index (χ3v) is 6.01. The molecule has 0 spiro atoms. The van der Waals surface area contributed by atoms with Gasteiger partial charge in [0.05, 0.1) is 30.2 Å². The molecule has 2 unspecified atom stereocenters. The van der Waals surface area contributed by atoms with E-state index in [2.05, 4.69) is 5.32 Å². The van der Waals surface area contributed by atoms with Crippen LogP contribution in [0.3, 0.4) is 0 Å². The first-order valence-electron chi connectivity index (χ1n) is 11.5. The molecule has 34 heavy (non-hydrogen) atoms. The molecule has 0 radical (unpaired) electrons. The monoisotopic (exact) mass is 459 g/mol. The first-order chi connectivity index (χ1) is 16.6. The fourth-order valence-corrected chi connectivity index (χ4v) is 4.46. The highest BCUT2D eigenvalue weighted by molar-refractivity contribution is 6.14. The zero-order valence-corrected chi connectivity index (χ0v) is 19.6. The Morgan fingerprint density at radius 3 is 2.18 bits per heavy atom. The van der Waals surface area contributed by atoms with Crippen LogP contribution in [0.15, 0.2) is 72.8 Å². The van der Waals surface area contributed by atoms with Crippen molar-refractivity contribution in [2.24, 2.45) is 0 Å². The van der Waals surface area contributed by atoms with Gasteiger partial charge in [0.2, 0.25) is 0 Å². The minimum atomic E-state index is -0.535. The van der Waals surface area contributed by atoms with Crippen molar-refractivity contribution in [2.45, 2.75) is 32.1 Å². The minimum Gasteiger partial charge on any atom is -0.465 e. The number of carbonyl (C=O) groups is 2. The van der Waals surface area contributed by atoms with E-state index in [1.165, 1.54) is 7.11 Å². The third-order valence-electron chi connectivity index (χ3n) is 6.01. The Kier molecular flexibility index (Phi) is 7.40. The van der Waals surface area contributed by atoms with Gasteiger partial charge in [-0.15, -0.1) is 0 Å². The van der Waals surface area contributed by atoms with Crippen molar-refractivity contribution in [2.75, 3.05) is 25.6 Å². The molecule has 0 bridgehead atoms.